The molecule has 0 spiro atoms. The first kappa shape index (κ1) is 18.4. The van der Waals surface area contributed by atoms with Crippen molar-refractivity contribution in [2.24, 2.45) is 11.8 Å². The second-order valence-corrected chi connectivity index (χ2v) is 6.14. The van der Waals surface area contributed by atoms with E-state index in [1.54, 1.807) is 12.1 Å². The fourth-order valence-corrected chi connectivity index (χ4v) is 3.07. The van der Waals surface area contributed by atoms with Crippen molar-refractivity contribution < 1.29 is 27.8 Å². The lowest BCUT2D eigenvalue weighted by molar-refractivity contribution is -0.186. The second kappa shape index (κ2) is 7.77. The molecule has 1 aromatic rings. The fraction of sp³-hybridized carbons (Fsp3) is 0.588. The predicted octanol–water partition coefficient (Wildman–Crippen LogP) is 3.43. The number of benzene rings is 1. The van der Waals surface area contributed by atoms with Crippen molar-refractivity contribution in [3.05, 3.63) is 23.8 Å². The van der Waals surface area contributed by atoms with E-state index in [9.17, 15) is 23.1 Å². The van der Waals surface area contributed by atoms with E-state index in [1.165, 1.54) is 13.2 Å². The molecule has 0 bridgehead atoms. The summed E-state index contributed by atoms with van der Waals surface area (Å²) >= 11 is 0. The highest BCUT2D eigenvalue weighted by Crippen LogP contribution is 2.39. The Kier molecular flexibility index (Phi) is 5.96. The van der Waals surface area contributed by atoms with Crippen molar-refractivity contribution >= 4 is 5.91 Å². The molecule has 1 aliphatic carbocycles. The number of rotatable bonds is 5. The number of phenols is 1. The van der Waals surface area contributed by atoms with Gasteiger partial charge in [-0.15, -0.1) is 0 Å². The number of alkyl halides is 3. The molecule has 0 aliphatic heterocycles. The van der Waals surface area contributed by atoms with Gasteiger partial charge < -0.3 is 15.2 Å². The highest BCUT2D eigenvalue weighted by molar-refractivity contribution is 5.78. The summed E-state index contributed by atoms with van der Waals surface area (Å²) in [5, 5.41) is 12.5. The van der Waals surface area contributed by atoms with Crippen LogP contribution in [0.3, 0.4) is 0 Å². The van der Waals surface area contributed by atoms with Gasteiger partial charge in [0, 0.05) is 18.5 Å². The molecule has 0 saturated heterocycles. The Morgan fingerprint density at radius 2 is 2.12 bits per heavy atom. The van der Waals surface area contributed by atoms with Crippen LogP contribution in [0.1, 0.15) is 31.2 Å². The maximum Gasteiger partial charge on any atom is 0.391 e. The van der Waals surface area contributed by atoms with Crippen LogP contribution in [0.25, 0.3) is 0 Å². The van der Waals surface area contributed by atoms with E-state index in [-0.39, 0.29) is 31.0 Å². The molecule has 0 unspecified atom stereocenters. The van der Waals surface area contributed by atoms with Gasteiger partial charge in [-0.05, 0) is 37.3 Å². The number of methoxy groups -OCH3 is 1. The zero-order valence-corrected chi connectivity index (χ0v) is 13.5. The maximum absolute atomic E-state index is 12.8. The van der Waals surface area contributed by atoms with Crippen molar-refractivity contribution in [2.45, 2.75) is 38.3 Å². The Hall–Kier alpha value is -1.92. The van der Waals surface area contributed by atoms with Crippen LogP contribution in [-0.4, -0.2) is 30.8 Å². The molecule has 134 valence electrons. The molecule has 2 N–H and O–H groups in total. The van der Waals surface area contributed by atoms with Gasteiger partial charge >= 0.3 is 6.18 Å². The standard InChI is InChI=1S/C17H22F3NO3/c1-24-14-6-5-11(15(22)10-14)7-8-21-16(23)12-3-2-4-13(9-12)17(18,19)20/h5-6,10,12-13,22H,2-4,7-9H2,1H3,(H,21,23)/t12-,13-/m0/s1. The van der Waals surface area contributed by atoms with Crippen molar-refractivity contribution in [3.63, 3.8) is 0 Å². The predicted molar refractivity (Wildman–Crippen MR) is 82.9 cm³/mol. The van der Waals surface area contributed by atoms with E-state index in [2.05, 4.69) is 5.32 Å². The van der Waals surface area contributed by atoms with Crippen molar-refractivity contribution in [1.29, 1.82) is 0 Å². The molecule has 1 aromatic carbocycles. The van der Waals surface area contributed by atoms with Gasteiger partial charge in [0.25, 0.3) is 0 Å². The number of carbonyl (C=O) groups is 1. The fourth-order valence-electron chi connectivity index (χ4n) is 3.07. The SMILES string of the molecule is COc1ccc(CCNC(=O)[C@H]2CCC[C@H](C(F)(F)F)C2)c(O)c1. The summed E-state index contributed by atoms with van der Waals surface area (Å²) in [5.41, 5.74) is 0.646. The van der Waals surface area contributed by atoms with E-state index in [1.807, 2.05) is 0 Å². The van der Waals surface area contributed by atoms with Gasteiger partial charge in [0.05, 0.1) is 13.0 Å². The summed E-state index contributed by atoms with van der Waals surface area (Å²) in [6, 6.07) is 4.87. The van der Waals surface area contributed by atoms with Gasteiger partial charge in [-0.1, -0.05) is 12.5 Å². The molecule has 7 heteroatoms. The number of aromatic hydroxyl groups is 1. The van der Waals surface area contributed by atoms with E-state index in [4.69, 9.17) is 4.74 Å². The van der Waals surface area contributed by atoms with Gasteiger partial charge in [0.15, 0.2) is 0 Å². The van der Waals surface area contributed by atoms with Crippen LogP contribution in [0, 0.1) is 11.8 Å². The molecule has 1 amide bonds. The zero-order chi connectivity index (χ0) is 17.7. The molecule has 2 rings (SSSR count). The maximum atomic E-state index is 12.8. The number of amides is 1. The molecule has 0 aromatic heterocycles. The Morgan fingerprint density at radius 1 is 1.38 bits per heavy atom. The lowest BCUT2D eigenvalue weighted by Gasteiger charge is -2.29. The van der Waals surface area contributed by atoms with Crippen LogP contribution in [0.15, 0.2) is 18.2 Å². The Balaban J connectivity index is 1.83. The number of carbonyl (C=O) groups excluding carboxylic acids is 1. The third-order valence-corrected chi connectivity index (χ3v) is 4.49. The minimum absolute atomic E-state index is 0.0680. The summed E-state index contributed by atoms with van der Waals surface area (Å²) in [5.74, 6) is -1.71. The normalized spacial score (nSPS) is 21.3. The zero-order valence-electron chi connectivity index (χ0n) is 13.5. The van der Waals surface area contributed by atoms with Gasteiger partial charge in [-0.25, -0.2) is 0 Å². The van der Waals surface area contributed by atoms with E-state index in [0.29, 0.717) is 30.6 Å². The van der Waals surface area contributed by atoms with Crippen LogP contribution in [-0.2, 0) is 11.2 Å². The minimum atomic E-state index is -4.23. The Bertz CT molecular complexity index is 575. The Labute approximate surface area is 139 Å². The van der Waals surface area contributed by atoms with Crippen LogP contribution in [0.5, 0.6) is 11.5 Å². The topological polar surface area (TPSA) is 58.6 Å². The molecule has 0 radical (unpaired) electrons. The molecule has 1 fully saturated rings. The average Bonchev–Trinajstić information content (AvgIpc) is 2.55. The molecule has 24 heavy (non-hydrogen) atoms. The molecule has 4 nitrogen and oxygen atoms in total. The van der Waals surface area contributed by atoms with Gasteiger partial charge in [-0.2, -0.15) is 13.2 Å². The highest BCUT2D eigenvalue weighted by Gasteiger charge is 2.43. The minimum Gasteiger partial charge on any atom is -0.508 e. The monoisotopic (exact) mass is 345 g/mol. The number of ether oxygens (including phenoxy) is 1. The summed E-state index contributed by atoms with van der Waals surface area (Å²) in [7, 11) is 1.49. The number of halogens is 3. The van der Waals surface area contributed by atoms with Crippen LogP contribution < -0.4 is 10.1 Å². The van der Waals surface area contributed by atoms with Gasteiger partial charge in [0.1, 0.15) is 11.5 Å². The molecule has 1 aliphatic rings. The average molecular weight is 345 g/mol. The third kappa shape index (κ3) is 4.79. The van der Waals surface area contributed by atoms with Crippen LogP contribution in [0.2, 0.25) is 0 Å². The van der Waals surface area contributed by atoms with Gasteiger partial charge in [-0.3, -0.25) is 4.79 Å². The quantitative estimate of drug-likeness (QED) is 0.860. The third-order valence-electron chi connectivity index (χ3n) is 4.49. The summed E-state index contributed by atoms with van der Waals surface area (Å²) in [4.78, 5) is 12.1. The number of nitrogens with one attached hydrogen (secondary N) is 1. The molecule has 0 heterocycles. The number of hydrogen-bond acceptors (Lipinski definition) is 3. The van der Waals surface area contributed by atoms with Crippen LogP contribution >= 0.6 is 0 Å². The molecule has 2 atom stereocenters. The number of hydrogen-bond donors (Lipinski definition) is 2. The van der Waals surface area contributed by atoms with Crippen molar-refractivity contribution in [1.82, 2.24) is 5.32 Å². The van der Waals surface area contributed by atoms with Crippen LogP contribution in [0.4, 0.5) is 13.2 Å². The summed E-state index contributed by atoms with van der Waals surface area (Å²) in [6.07, 6.45) is -2.95. The smallest absolute Gasteiger partial charge is 0.391 e. The lowest BCUT2D eigenvalue weighted by atomic mass is 9.80. The first-order chi connectivity index (χ1) is 11.3. The van der Waals surface area contributed by atoms with E-state index < -0.39 is 18.0 Å². The number of phenolic OH excluding ortho intramolecular Hbond substituents is 1. The van der Waals surface area contributed by atoms with Crippen molar-refractivity contribution in [2.75, 3.05) is 13.7 Å². The summed E-state index contributed by atoms with van der Waals surface area (Å²) < 4.78 is 43.4. The molecular formula is C17H22F3NO3. The van der Waals surface area contributed by atoms with Crippen molar-refractivity contribution in [3.8, 4) is 11.5 Å². The molecular weight excluding hydrogens is 323 g/mol. The highest BCUT2D eigenvalue weighted by atomic mass is 19.4. The summed E-state index contributed by atoms with van der Waals surface area (Å²) in [6.45, 7) is 0.270. The first-order valence-electron chi connectivity index (χ1n) is 8.01. The van der Waals surface area contributed by atoms with E-state index in [0.717, 1.165) is 0 Å². The Morgan fingerprint density at radius 3 is 2.75 bits per heavy atom. The molecule has 1 saturated carbocycles. The second-order valence-electron chi connectivity index (χ2n) is 6.14. The first-order valence-corrected chi connectivity index (χ1v) is 8.01. The van der Waals surface area contributed by atoms with E-state index >= 15 is 0 Å². The largest absolute Gasteiger partial charge is 0.508 e. The van der Waals surface area contributed by atoms with Gasteiger partial charge in [0.2, 0.25) is 5.91 Å². The lowest BCUT2D eigenvalue weighted by Crippen LogP contribution is -2.38.